The van der Waals surface area contributed by atoms with Gasteiger partial charge in [-0.05, 0) is 12.1 Å². The minimum atomic E-state index is -3.71. The summed E-state index contributed by atoms with van der Waals surface area (Å²) in [4.78, 5) is 12.9. The van der Waals surface area contributed by atoms with Gasteiger partial charge in [0.25, 0.3) is 5.91 Å². The second kappa shape index (κ2) is 5.85. The van der Waals surface area contributed by atoms with E-state index in [-0.39, 0.29) is 41.5 Å². The molecule has 0 saturated carbocycles. The lowest BCUT2D eigenvalue weighted by Gasteiger charge is -2.19. The number of anilines is 1. The molecule has 0 aromatic heterocycles. The van der Waals surface area contributed by atoms with Crippen LogP contribution in [0.2, 0.25) is 0 Å². The van der Waals surface area contributed by atoms with Gasteiger partial charge >= 0.3 is 6.29 Å². The van der Waals surface area contributed by atoms with Crippen LogP contribution in [0.15, 0.2) is 18.2 Å². The highest BCUT2D eigenvalue weighted by atomic mass is 32.2. The smallest absolute Gasteiger partial charge is 0.395 e. The van der Waals surface area contributed by atoms with E-state index >= 15 is 0 Å². The van der Waals surface area contributed by atoms with Crippen LogP contribution >= 0.6 is 0 Å². The standard InChI is InChI=1S/C14H16F2N2O5S/c1-18(10-4-5-24(20,21)8-10)7-13(19)17-9-2-3-11-12(6-9)23-14(15,16)22-11/h2-3,6,10H,4-5,7-8H2,1H3,(H,17,19)/p+1/t10-/m1/s1. The fraction of sp³-hybridized carbons (Fsp3) is 0.500. The molecule has 2 aliphatic rings. The molecule has 1 fully saturated rings. The number of fused-ring (bicyclic) bond motifs is 1. The van der Waals surface area contributed by atoms with E-state index in [0.29, 0.717) is 12.1 Å². The van der Waals surface area contributed by atoms with Crippen LogP contribution in [-0.4, -0.2) is 51.8 Å². The van der Waals surface area contributed by atoms with E-state index in [4.69, 9.17) is 0 Å². The van der Waals surface area contributed by atoms with Crippen LogP contribution in [-0.2, 0) is 14.6 Å². The average molecular weight is 363 g/mol. The summed E-state index contributed by atoms with van der Waals surface area (Å²) in [6.07, 6.45) is -3.18. The first-order valence-electron chi connectivity index (χ1n) is 7.36. The zero-order valence-electron chi connectivity index (χ0n) is 12.8. The van der Waals surface area contributed by atoms with Gasteiger partial charge in [0.15, 0.2) is 27.9 Å². The summed E-state index contributed by atoms with van der Waals surface area (Å²) in [5, 5.41) is 2.58. The Morgan fingerprint density at radius 3 is 2.75 bits per heavy atom. The minimum Gasteiger partial charge on any atom is -0.395 e. The minimum absolute atomic E-state index is 0.0742. The number of carbonyl (C=O) groups is 1. The molecule has 0 bridgehead atoms. The second-order valence-electron chi connectivity index (χ2n) is 6.00. The molecule has 0 aliphatic carbocycles. The Kier molecular flexibility index (Phi) is 4.12. The topological polar surface area (TPSA) is 86.1 Å². The lowest BCUT2D eigenvalue weighted by atomic mass is 10.2. The van der Waals surface area contributed by atoms with Gasteiger partial charge < -0.3 is 19.7 Å². The number of likely N-dealkylation sites (N-methyl/N-ethyl adjacent to an activating group) is 1. The van der Waals surface area contributed by atoms with Gasteiger partial charge in [0.2, 0.25) is 0 Å². The Labute approximate surface area is 137 Å². The zero-order valence-corrected chi connectivity index (χ0v) is 13.7. The normalized spacial score (nSPS) is 24.5. The fourth-order valence-electron chi connectivity index (χ4n) is 2.81. The summed E-state index contributed by atoms with van der Waals surface area (Å²) in [7, 11) is -1.25. The summed E-state index contributed by atoms with van der Waals surface area (Å²) >= 11 is 0. The van der Waals surface area contributed by atoms with E-state index in [0.717, 1.165) is 4.90 Å². The number of hydrogen-bond acceptors (Lipinski definition) is 5. The van der Waals surface area contributed by atoms with E-state index in [1.54, 1.807) is 7.05 Å². The van der Waals surface area contributed by atoms with Crippen LogP contribution in [0, 0.1) is 0 Å². The van der Waals surface area contributed by atoms with Gasteiger partial charge in [0.05, 0.1) is 12.8 Å². The average Bonchev–Trinajstić information content (AvgIpc) is 2.95. The first-order valence-corrected chi connectivity index (χ1v) is 9.18. The van der Waals surface area contributed by atoms with E-state index in [9.17, 15) is 22.0 Å². The number of halogens is 2. The molecule has 1 aromatic rings. The third kappa shape index (κ3) is 3.75. The summed E-state index contributed by atoms with van der Waals surface area (Å²) in [5.74, 6) is -0.377. The van der Waals surface area contributed by atoms with E-state index < -0.39 is 16.1 Å². The summed E-state index contributed by atoms with van der Waals surface area (Å²) in [5.41, 5.74) is 0.298. The lowest BCUT2D eigenvalue weighted by Crippen LogP contribution is -3.14. The number of alkyl halides is 2. The maximum absolute atomic E-state index is 13.0. The number of nitrogens with one attached hydrogen (secondary N) is 2. The van der Waals surface area contributed by atoms with Crippen LogP contribution in [0.5, 0.6) is 11.5 Å². The van der Waals surface area contributed by atoms with Crippen molar-refractivity contribution in [2.45, 2.75) is 18.8 Å². The van der Waals surface area contributed by atoms with Crippen molar-refractivity contribution in [1.82, 2.24) is 0 Å². The number of sulfone groups is 1. The number of amides is 1. The number of benzene rings is 1. The molecule has 2 heterocycles. The number of carbonyl (C=O) groups excluding carboxylic acids is 1. The molecule has 1 amide bonds. The summed E-state index contributed by atoms with van der Waals surface area (Å²) < 4.78 is 57.5. The van der Waals surface area contributed by atoms with Crippen molar-refractivity contribution in [1.29, 1.82) is 0 Å². The number of ether oxygens (including phenoxy) is 2. The SMILES string of the molecule is C[NH+](CC(=O)Nc1ccc2c(c1)OC(F)(F)O2)[C@@H]1CCS(=O)(=O)C1. The maximum Gasteiger partial charge on any atom is 0.586 e. The fourth-order valence-corrected chi connectivity index (χ4v) is 4.69. The molecule has 1 aromatic carbocycles. The molecule has 1 unspecified atom stereocenters. The van der Waals surface area contributed by atoms with E-state index in [2.05, 4.69) is 14.8 Å². The van der Waals surface area contributed by atoms with Crippen molar-refractivity contribution in [3.63, 3.8) is 0 Å². The van der Waals surface area contributed by atoms with Crippen molar-refractivity contribution in [3.05, 3.63) is 18.2 Å². The highest BCUT2D eigenvalue weighted by Crippen LogP contribution is 2.42. The monoisotopic (exact) mass is 363 g/mol. The summed E-state index contributed by atoms with van der Waals surface area (Å²) in [6.45, 7) is 0.0742. The predicted octanol–water partition coefficient (Wildman–Crippen LogP) is -0.352. The number of rotatable bonds is 4. The molecular formula is C14H17F2N2O5S+. The third-order valence-electron chi connectivity index (χ3n) is 4.05. The van der Waals surface area contributed by atoms with E-state index in [1.807, 2.05) is 0 Å². The molecule has 24 heavy (non-hydrogen) atoms. The lowest BCUT2D eigenvalue weighted by molar-refractivity contribution is -0.894. The Hall–Kier alpha value is -1.94. The Morgan fingerprint density at radius 2 is 2.08 bits per heavy atom. The molecule has 1 saturated heterocycles. The zero-order chi connectivity index (χ0) is 17.5. The van der Waals surface area contributed by atoms with Gasteiger partial charge in [0, 0.05) is 18.2 Å². The van der Waals surface area contributed by atoms with Gasteiger partial charge in [-0.25, -0.2) is 8.42 Å². The van der Waals surface area contributed by atoms with Crippen molar-refractivity contribution in [3.8, 4) is 11.5 Å². The largest absolute Gasteiger partial charge is 0.586 e. The van der Waals surface area contributed by atoms with E-state index in [1.165, 1.54) is 18.2 Å². The van der Waals surface area contributed by atoms with Gasteiger partial charge in [-0.1, -0.05) is 0 Å². The van der Waals surface area contributed by atoms with Crippen LogP contribution in [0.3, 0.4) is 0 Å². The second-order valence-corrected chi connectivity index (χ2v) is 8.23. The highest BCUT2D eigenvalue weighted by Gasteiger charge is 2.43. The Balaban J connectivity index is 1.58. The quantitative estimate of drug-likeness (QED) is 0.764. The molecule has 2 N–H and O–H groups in total. The Bertz CT molecular complexity index is 768. The molecule has 3 rings (SSSR count). The first kappa shape index (κ1) is 16.9. The van der Waals surface area contributed by atoms with Crippen molar-refractivity contribution in [2.75, 3.05) is 30.4 Å². The summed E-state index contributed by atoms with van der Waals surface area (Å²) in [6, 6.07) is 3.85. The molecule has 2 atom stereocenters. The predicted molar refractivity (Wildman–Crippen MR) is 80.1 cm³/mol. The first-order chi connectivity index (χ1) is 11.1. The van der Waals surface area contributed by atoms with Crippen LogP contribution in [0.4, 0.5) is 14.5 Å². The molecule has 0 radical (unpaired) electrons. The number of quaternary nitrogens is 1. The number of hydrogen-bond donors (Lipinski definition) is 2. The molecule has 10 heteroatoms. The van der Waals surface area contributed by atoms with Gasteiger partial charge in [-0.3, -0.25) is 4.79 Å². The molecule has 0 spiro atoms. The van der Waals surface area contributed by atoms with Gasteiger partial charge in [-0.15, -0.1) is 8.78 Å². The van der Waals surface area contributed by atoms with Crippen LogP contribution in [0.1, 0.15) is 6.42 Å². The maximum atomic E-state index is 13.0. The highest BCUT2D eigenvalue weighted by molar-refractivity contribution is 7.91. The van der Waals surface area contributed by atoms with Gasteiger partial charge in [-0.2, -0.15) is 0 Å². The molecule has 132 valence electrons. The van der Waals surface area contributed by atoms with Crippen molar-refractivity contribution in [2.24, 2.45) is 0 Å². The van der Waals surface area contributed by atoms with Crippen LogP contribution in [0.25, 0.3) is 0 Å². The molecule has 2 aliphatic heterocycles. The van der Waals surface area contributed by atoms with Gasteiger partial charge in [0.1, 0.15) is 11.8 Å². The van der Waals surface area contributed by atoms with Crippen molar-refractivity contribution >= 4 is 21.4 Å². The molecular weight excluding hydrogens is 346 g/mol. The van der Waals surface area contributed by atoms with Crippen molar-refractivity contribution < 1.29 is 36.4 Å². The van der Waals surface area contributed by atoms with Crippen LogP contribution < -0.4 is 19.7 Å². The Morgan fingerprint density at radius 1 is 1.38 bits per heavy atom. The third-order valence-corrected chi connectivity index (χ3v) is 5.82. The molecule has 7 nitrogen and oxygen atoms in total.